The smallest absolute Gasteiger partial charge is 0.321 e. The molecule has 0 bridgehead atoms. The summed E-state index contributed by atoms with van der Waals surface area (Å²) in [5, 5.41) is 16.5. The number of aromatic amines is 2. The van der Waals surface area contributed by atoms with Crippen molar-refractivity contribution in [2.24, 2.45) is 0 Å². The third-order valence-corrected chi connectivity index (χ3v) is 6.29. The van der Waals surface area contributed by atoms with Gasteiger partial charge in [0.25, 0.3) is 6.17 Å². The molecule has 2 aromatic carbocycles. The molecule has 1 atom stereocenters. The van der Waals surface area contributed by atoms with Crippen LogP contribution in [0.3, 0.4) is 0 Å². The quantitative estimate of drug-likeness (QED) is 0.244. The van der Waals surface area contributed by atoms with Crippen LogP contribution in [0.2, 0.25) is 0 Å². The molecule has 0 amide bonds. The van der Waals surface area contributed by atoms with Crippen LogP contribution in [0, 0.1) is 0 Å². The van der Waals surface area contributed by atoms with Crippen LogP contribution >= 0.6 is 11.8 Å². The highest BCUT2D eigenvalue weighted by Gasteiger charge is 2.39. The number of fused-ring (bicyclic) bond motifs is 3. The summed E-state index contributed by atoms with van der Waals surface area (Å²) >= 11 is 1.57. The van der Waals surface area contributed by atoms with E-state index < -0.39 is 0 Å². The molecule has 7 nitrogen and oxygen atoms in total. The molecule has 0 unspecified atom stereocenters. The number of para-hydroxylation sites is 1. The lowest BCUT2D eigenvalue weighted by Crippen LogP contribution is -2.55. The number of unbranched alkanes of at least 4 members (excludes halogenated alkanes) is 1. The SMILES string of the molecule is CCCCSc1n[n+]2c(c(=O)[nH]1)-c1ccccc1N[C@@H]2c1cn[nH]c1-c1ccccc1. The normalized spacial score (nSPS) is 14.5. The van der Waals surface area contributed by atoms with E-state index in [1.165, 1.54) is 0 Å². The standard InChI is InChI=1S/C23H22N6OS/c1-2-3-13-31-23-26-22(30)20-16-11-7-8-12-18(16)25-21(29(20)28-23)17-14-24-27-19(17)15-9-5-4-6-10-15/h4-12,14,21H,2-3,13H2,1H3,(H2,24,26,27,28,30)/p+1/t21-/m0/s1. The third kappa shape index (κ3) is 3.63. The van der Waals surface area contributed by atoms with Gasteiger partial charge in [-0.15, -0.1) is 0 Å². The van der Waals surface area contributed by atoms with Crippen LogP contribution in [-0.2, 0) is 0 Å². The molecule has 3 N–H and O–H groups in total. The molecule has 3 heterocycles. The molecule has 0 aliphatic carbocycles. The van der Waals surface area contributed by atoms with Crippen molar-refractivity contribution in [2.75, 3.05) is 11.1 Å². The molecule has 0 radical (unpaired) electrons. The number of nitrogens with zero attached hydrogens (tertiary/aromatic N) is 3. The molecule has 31 heavy (non-hydrogen) atoms. The fourth-order valence-corrected chi connectivity index (χ4v) is 4.75. The Balaban J connectivity index is 1.66. The number of benzene rings is 2. The second-order valence-electron chi connectivity index (χ2n) is 7.41. The molecular weight excluding hydrogens is 408 g/mol. The van der Waals surface area contributed by atoms with Gasteiger partial charge in [-0.25, -0.2) is 0 Å². The van der Waals surface area contributed by atoms with Gasteiger partial charge in [0.2, 0.25) is 5.16 Å². The van der Waals surface area contributed by atoms with Crippen LogP contribution in [0.25, 0.3) is 22.5 Å². The molecule has 5 rings (SSSR count). The summed E-state index contributed by atoms with van der Waals surface area (Å²) in [6.07, 6.45) is 3.60. The van der Waals surface area contributed by atoms with E-state index in [-0.39, 0.29) is 11.7 Å². The molecule has 0 fully saturated rings. The van der Waals surface area contributed by atoms with Crippen molar-refractivity contribution in [1.82, 2.24) is 20.3 Å². The monoisotopic (exact) mass is 431 g/mol. The summed E-state index contributed by atoms with van der Waals surface area (Å²) in [6, 6.07) is 17.9. The number of hydrogen-bond acceptors (Lipinski definition) is 5. The number of hydrogen-bond donors (Lipinski definition) is 3. The van der Waals surface area contributed by atoms with E-state index in [4.69, 9.17) is 5.10 Å². The van der Waals surface area contributed by atoms with Crippen LogP contribution < -0.4 is 15.6 Å². The number of thioether (sulfide) groups is 1. The number of rotatable bonds is 6. The van der Waals surface area contributed by atoms with Gasteiger partial charge >= 0.3 is 11.3 Å². The Labute approximate surface area is 183 Å². The van der Waals surface area contributed by atoms with Crippen molar-refractivity contribution >= 4 is 17.4 Å². The van der Waals surface area contributed by atoms with Gasteiger partial charge in [0.1, 0.15) is 0 Å². The lowest BCUT2D eigenvalue weighted by atomic mass is 10.0. The minimum atomic E-state index is -0.369. The maximum atomic E-state index is 13.2. The summed E-state index contributed by atoms with van der Waals surface area (Å²) in [6.45, 7) is 2.15. The number of nitrogens with one attached hydrogen (secondary N) is 3. The molecule has 0 saturated heterocycles. The average molecular weight is 432 g/mol. The lowest BCUT2D eigenvalue weighted by molar-refractivity contribution is -0.759. The van der Waals surface area contributed by atoms with Gasteiger partial charge in [-0.3, -0.25) is 14.9 Å². The minimum absolute atomic E-state index is 0.141. The van der Waals surface area contributed by atoms with Gasteiger partial charge in [0.05, 0.1) is 28.7 Å². The van der Waals surface area contributed by atoms with E-state index in [0.29, 0.717) is 10.9 Å². The van der Waals surface area contributed by atoms with Gasteiger partial charge in [-0.05, 0) is 23.2 Å². The molecule has 1 aliphatic rings. The maximum Gasteiger partial charge on any atom is 0.325 e. The Bertz CT molecular complexity index is 1270. The van der Waals surface area contributed by atoms with Gasteiger partial charge in [-0.1, -0.05) is 67.6 Å². The fraction of sp³-hybridized carbons (Fsp3) is 0.217. The van der Waals surface area contributed by atoms with Crippen LogP contribution in [0.5, 0.6) is 0 Å². The molecule has 0 spiro atoms. The largest absolute Gasteiger partial charge is 0.325 e. The zero-order chi connectivity index (χ0) is 21.2. The maximum absolute atomic E-state index is 13.2. The van der Waals surface area contributed by atoms with E-state index >= 15 is 0 Å². The first-order chi connectivity index (χ1) is 15.3. The van der Waals surface area contributed by atoms with Crippen molar-refractivity contribution in [1.29, 1.82) is 0 Å². The highest BCUT2D eigenvalue weighted by Crippen LogP contribution is 2.34. The Hall–Kier alpha value is -3.39. The van der Waals surface area contributed by atoms with Crippen molar-refractivity contribution in [3.63, 3.8) is 0 Å². The van der Waals surface area contributed by atoms with E-state index in [9.17, 15) is 4.79 Å². The summed E-state index contributed by atoms with van der Waals surface area (Å²) in [7, 11) is 0. The zero-order valence-corrected chi connectivity index (χ0v) is 17.9. The molecule has 156 valence electrons. The number of aromatic nitrogens is 5. The van der Waals surface area contributed by atoms with Crippen LogP contribution in [0.15, 0.2) is 70.7 Å². The molecule has 1 aliphatic heterocycles. The Kier molecular flexibility index (Phi) is 5.30. The van der Waals surface area contributed by atoms with Crippen molar-refractivity contribution in [2.45, 2.75) is 31.1 Å². The molecular formula is C23H23N6OS+. The summed E-state index contributed by atoms with van der Waals surface area (Å²) in [4.78, 5) is 16.1. The van der Waals surface area contributed by atoms with Crippen molar-refractivity contribution < 1.29 is 4.68 Å². The fourth-order valence-electron chi connectivity index (χ4n) is 3.82. The second-order valence-corrected chi connectivity index (χ2v) is 8.50. The minimum Gasteiger partial charge on any atom is -0.321 e. The van der Waals surface area contributed by atoms with E-state index in [0.717, 1.165) is 46.7 Å². The Morgan fingerprint density at radius 3 is 2.74 bits per heavy atom. The molecule has 8 heteroatoms. The van der Waals surface area contributed by atoms with Crippen LogP contribution in [-0.4, -0.2) is 26.0 Å². The Morgan fingerprint density at radius 2 is 1.90 bits per heavy atom. The Morgan fingerprint density at radius 1 is 1.10 bits per heavy atom. The van der Waals surface area contributed by atoms with Crippen molar-refractivity contribution in [3.8, 4) is 22.5 Å². The zero-order valence-electron chi connectivity index (χ0n) is 17.1. The first kappa shape index (κ1) is 19.6. The molecule has 2 aromatic heterocycles. The van der Waals surface area contributed by atoms with Crippen molar-refractivity contribution in [3.05, 3.63) is 76.7 Å². The van der Waals surface area contributed by atoms with Gasteiger partial charge < -0.3 is 5.32 Å². The van der Waals surface area contributed by atoms with E-state index in [1.54, 1.807) is 22.6 Å². The van der Waals surface area contributed by atoms with Gasteiger partial charge in [-0.2, -0.15) is 5.10 Å². The second kappa shape index (κ2) is 8.39. The number of anilines is 1. The van der Waals surface area contributed by atoms with E-state index in [1.807, 2.05) is 54.6 Å². The van der Waals surface area contributed by atoms with E-state index in [2.05, 4.69) is 27.4 Å². The predicted molar refractivity (Wildman–Crippen MR) is 122 cm³/mol. The average Bonchev–Trinajstić information content (AvgIpc) is 3.29. The predicted octanol–water partition coefficient (Wildman–Crippen LogP) is 3.98. The third-order valence-electron chi connectivity index (χ3n) is 5.34. The van der Waals surface area contributed by atoms with Gasteiger partial charge in [0.15, 0.2) is 0 Å². The highest BCUT2D eigenvalue weighted by atomic mass is 32.2. The summed E-state index contributed by atoms with van der Waals surface area (Å²) in [5.74, 6) is 0.911. The van der Waals surface area contributed by atoms with Gasteiger partial charge in [0, 0.05) is 16.4 Å². The summed E-state index contributed by atoms with van der Waals surface area (Å²) < 4.78 is 1.80. The first-order valence-electron chi connectivity index (χ1n) is 10.4. The van der Waals surface area contributed by atoms with Crippen LogP contribution in [0.1, 0.15) is 31.5 Å². The lowest BCUT2D eigenvalue weighted by Gasteiger charge is -2.22. The first-order valence-corrected chi connectivity index (χ1v) is 11.4. The molecule has 4 aromatic rings. The number of H-pyrrole nitrogens is 2. The van der Waals surface area contributed by atoms with Crippen LogP contribution in [0.4, 0.5) is 5.69 Å². The topological polar surface area (TPSA) is 90.3 Å². The highest BCUT2D eigenvalue weighted by molar-refractivity contribution is 7.99. The molecule has 0 saturated carbocycles. The summed E-state index contributed by atoms with van der Waals surface area (Å²) in [5.41, 5.74) is 4.99.